The molecule has 1 aromatic rings. The zero-order valence-electron chi connectivity index (χ0n) is 10.1. The number of nitrogens with zero attached hydrogens (tertiary/aromatic N) is 1. The Bertz CT molecular complexity index is 564. The molecule has 0 heterocycles. The van der Waals surface area contributed by atoms with E-state index in [1.165, 1.54) is 12.1 Å². The van der Waals surface area contributed by atoms with E-state index in [1.807, 2.05) is 0 Å². The van der Waals surface area contributed by atoms with Crippen molar-refractivity contribution in [3.63, 3.8) is 0 Å². The second kappa shape index (κ2) is 5.94. The van der Waals surface area contributed by atoms with Gasteiger partial charge in [-0.1, -0.05) is 13.0 Å². The first-order valence-electron chi connectivity index (χ1n) is 5.47. The second-order valence-electron chi connectivity index (χ2n) is 4.32. The lowest BCUT2D eigenvalue weighted by molar-refractivity contribution is 0.573. The third-order valence-corrected chi connectivity index (χ3v) is 4.33. The Balaban J connectivity index is 2.88. The van der Waals surface area contributed by atoms with Crippen LogP contribution in [-0.2, 0) is 15.6 Å². The van der Waals surface area contributed by atoms with Gasteiger partial charge in [-0.15, -0.1) is 0 Å². The first-order valence-corrected chi connectivity index (χ1v) is 7.29. The summed E-state index contributed by atoms with van der Waals surface area (Å²) in [5.74, 6) is -0.977. The summed E-state index contributed by atoms with van der Waals surface area (Å²) in [5, 5.41) is 8.67. The lowest BCUT2D eigenvalue weighted by Crippen LogP contribution is -2.22. The van der Waals surface area contributed by atoms with E-state index in [4.69, 9.17) is 11.0 Å². The summed E-state index contributed by atoms with van der Waals surface area (Å²) in [6.45, 7) is 2.05. The molecular formula is C12H15FN2O2S. The molecule has 0 aliphatic heterocycles. The molecule has 0 amide bonds. The maximum atomic E-state index is 13.1. The molecule has 2 N–H and O–H groups in total. The van der Waals surface area contributed by atoms with Crippen LogP contribution in [0.3, 0.4) is 0 Å². The van der Waals surface area contributed by atoms with Crippen LogP contribution in [0.4, 0.5) is 4.39 Å². The molecule has 0 fully saturated rings. The Hall–Kier alpha value is -1.45. The van der Waals surface area contributed by atoms with Gasteiger partial charge in [-0.3, -0.25) is 0 Å². The molecule has 1 unspecified atom stereocenters. The van der Waals surface area contributed by atoms with E-state index in [1.54, 1.807) is 13.0 Å². The van der Waals surface area contributed by atoms with Gasteiger partial charge in [0.2, 0.25) is 0 Å². The van der Waals surface area contributed by atoms with E-state index in [9.17, 15) is 12.8 Å². The lowest BCUT2D eigenvalue weighted by Gasteiger charge is -2.09. The van der Waals surface area contributed by atoms with Crippen LogP contribution in [0.15, 0.2) is 18.2 Å². The second-order valence-corrected chi connectivity index (χ2v) is 6.43. The molecule has 18 heavy (non-hydrogen) atoms. The highest BCUT2D eigenvalue weighted by Crippen LogP contribution is 2.14. The van der Waals surface area contributed by atoms with E-state index in [0.717, 1.165) is 6.07 Å². The Morgan fingerprint density at radius 3 is 2.72 bits per heavy atom. The van der Waals surface area contributed by atoms with Gasteiger partial charge >= 0.3 is 0 Å². The zero-order chi connectivity index (χ0) is 13.8. The Kier molecular flexibility index (Phi) is 4.82. The maximum Gasteiger partial charge on any atom is 0.154 e. The molecule has 0 spiro atoms. The van der Waals surface area contributed by atoms with Gasteiger partial charge in [0, 0.05) is 0 Å². The summed E-state index contributed by atoms with van der Waals surface area (Å²) in [7, 11) is -3.30. The molecule has 0 aromatic heterocycles. The standard InChI is InChI=1S/C12H15FN2O2S/c1-9(5-14)7-18(16,17)8-10-2-3-12(13)11(4-10)6-15/h2-4,9H,5,7-8,14H2,1H3. The van der Waals surface area contributed by atoms with Crippen LogP contribution in [0.2, 0.25) is 0 Å². The summed E-state index contributed by atoms with van der Waals surface area (Å²) in [6.07, 6.45) is 0. The smallest absolute Gasteiger partial charge is 0.154 e. The third kappa shape index (κ3) is 4.09. The van der Waals surface area contributed by atoms with Gasteiger partial charge in [-0.2, -0.15) is 5.26 Å². The van der Waals surface area contributed by atoms with Crippen LogP contribution < -0.4 is 5.73 Å². The summed E-state index contributed by atoms with van der Waals surface area (Å²) in [4.78, 5) is 0. The fourth-order valence-electron chi connectivity index (χ4n) is 1.56. The Labute approximate surface area is 106 Å². The Morgan fingerprint density at radius 2 is 2.17 bits per heavy atom. The minimum Gasteiger partial charge on any atom is -0.330 e. The number of nitriles is 1. The lowest BCUT2D eigenvalue weighted by atomic mass is 10.1. The summed E-state index contributed by atoms with van der Waals surface area (Å²) in [5.41, 5.74) is 5.65. The van der Waals surface area contributed by atoms with Gasteiger partial charge in [0.15, 0.2) is 9.84 Å². The van der Waals surface area contributed by atoms with Crippen molar-refractivity contribution in [2.24, 2.45) is 11.7 Å². The number of hydrogen-bond donors (Lipinski definition) is 1. The van der Waals surface area contributed by atoms with Gasteiger partial charge in [0.05, 0.1) is 17.1 Å². The summed E-state index contributed by atoms with van der Waals surface area (Å²) < 4.78 is 36.7. The van der Waals surface area contributed by atoms with Crippen molar-refractivity contribution in [1.29, 1.82) is 5.26 Å². The Morgan fingerprint density at radius 1 is 1.50 bits per heavy atom. The molecule has 0 radical (unpaired) electrons. The monoisotopic (exact) mass is 270 g/mol. The SMILES string of the molecule is CC(CN)CS(=O)(=O)Cc1ccc(F)c(C#N)c1. The fourth-order valence-corrected chi connectivity index (χ4v) is 3.37. The van der Waals surface area contributed by atoms with Crippen molar-refractivity contribution in [1.82, 2.24) is 0 Å². The van der Waals surface area contributed by atoms with Crippen molar-refractivity contribution in [3.05, 3.63) is 35.1 Å². The van der Waals surface area contributed by atoms with Crippen molar-refractivity contribution in [3.8, 4) is 6.07 Å². The summed E-state index contributed by atoms with van der Waals surface area (Å²) >= 11 is 0. The molecule has 0 saturated carbocycles. The number of nitrogens with two attached hydrogens (primary N) is 1. The third-order valence-electron chi connectivity index (χ3n) is 2.48. The first kappa shape index (κ1) is 14.6. The molecule has 1 aromatic carbocycles. The highest BCUT2D eigenvalue weighted by molar-refractivity contribution is 7.90. The number of rotatable bonds is 5. The highest BCUT2D eigenvalue weighted by Gasteiger charge is 2.16. The topological polar surface area (TPSA) is 84.0 Å². The highest BCUT2D eigenvalue weighted by atomic mass is 32.2. The number of benzene rings is 1. The molecule has 0 aliphatic carbocycles. The quantitative estimate of drug-likeness (QED) is 0.871. The van der Waals surface area contributed by atoms with Crippen molar-refractivity contribution < 1.29 is 12.8 Å². The number of halogens is 1. The predicted molar refractivity (Wildman–Crippen MR) is 66.8 cm³/mol. The predicted octanol–water partition coefficient (Wildman–Crippen LogP) is 1.21. The molecule has 98 valence electrons. The van der Waals surface area contributed by atoms with Crippen molar-refractivity contribution in [2.45, 2.75) is 12.7 Å². The minimum atomic E-state index is -3.30. The van der Waals surface area contributed by atoms with Gasteiger partial charge in [0.1, 0.15) is 11.9 Å². The molecule has 0 bridgehead atoms. The molecular weight excluding hydrogens is 255 g/mol. The summed E-state index contributed by atoms with van der Waals surface area (Å²) in [6, 6.07) is 5.43. The van der Waals surface area contributed by atoms with Crippen LogP contribution in [0, 0.1) is 23.1 Å². The van der Waals surface area contributed by atoms with Crippen LogP contribution in [0.5, 0.6) is 0 Å². The van der Waals surface area contributed by atoms with Crippen LogP contribution >= 0.6 is 0 Å². The average molecular weight is 270 g/mol. The zero-order valence-corrected chi connectivity index (χ0v) is 10.9. The first-order chi connectivity index (χ1) is 8.38. The molecule has 6 heteroatoms. The molecule has 0 saturated heterocycles. The van der Waals surface area contributed by atoms with Crippen molar-refractivity contribution in [2.75, 3.05) is 12.3 Å². The van der Waals surface area contributed by atoms with E-state index in [-0.39, 0.29) is 23.0 Å². The van der Waals surface area contributed by atoms with Crippen LogP contribution in [0.25, 0.3) is 0 Å². The molecule has 1 atom stereocenters. The molecule has 0 aliphatic rings. The van der Waals surface area contributed by atoms with Crippen LogP contribution in [0.1, 0.15) is 18.1 Å². The number of hydrogen-bond acceptors (Lipinski definition) is 4. The van der Waals surface area contributed by atoms with Gasteiger partial charge in [-0.25, -0.2) is 12.8 Å². The number of sulfone groups is 1. The minimum absolute atomic E-state index is 0.0111. The normalized spacial score (nSPS) is 13.0. The van der Waals surface area contributed by atoms with E-state index in [2.05, 4.69) is 0 Å². The van der Waals surface area contributed by atoms with E-state index >= 15 is 0 Å². The van der Waals surface area contributed by atoms with Gasteiger partial charge in [-0.05, 0) is 30.2 Å². The van der Waals surface area contributed by atoms with Crippen molar-refractivity contribution >= 4 is 9.84 Å². The van der Waals surface area contributed by atoms with E-state index < -0.39 is 15.7 Å². The van der Waals surface area contributed by atoms with Gasteiger partial charge in [0.25, 0.3) is 0 Å². The maximum absolute atomic E-state index is 13.1. The van der Waals surface area contributed by atoms with Gasteiger partial charge < -0.3 is 5.73 Å². The van der Waals surface area contributed by atoms with E-state index in [0.29, 0.717) is 12.1 Å². The molecule has 4 nitrogen and oxygen atoms in total. The largest absolute Gasteiger partial charge is 0.330 e. The van der Waals surface area contributed by atoms with Crippen LogP contribution in [-0.4, -0.2) is 20.7 Å². The fraction of sp³-hybridized carbons (Fsp3) is 0.417. The molecule has 1 rings (SSSR count). The average Bonchev–Trinajstić information content (AvgIpc) is 2.30.